The van der Waals surface area contributed by atoms with Crippen molar-refractivity contribution in [3.63, 3.8) is 0 Å². The summed E-state index contributed by atoms with van der Waals surface area (Å²) in [5.74, 6) is 0.711. The summed E-state index contributed by atoms with van der Waals surface area (Å²) >= 11 is 0. The van der Waals surface area contributed by atoms with Crippen LogP contribution in [0, 0.1) is 5.92 Å². The van der Waals surface area contributed by atoms with Gasteiger partial charge in [-0.15, -0.1) is 0 Å². The molecule has 2 rings (SSSR count). The van der Waals surface area contributed by atoms with Gasteiger partial charge in [0, 0.05) is 31.6 Å². The Morgan fingerprint density at radius 3 is 2.46 bits per heavy atom. The van der Waals surface area contributed by atoms with Crippen LogP contribution in [-0.2, 0) is 0 Å². The summed E-state index contributed by atoms with van der Waals surface area (Å²) in [4.78, 5) is 4.93. The van der Waals surface area contributed by atoms with Crippen molar-refractivity contribution in [2.45, 2.75) is 18.9 Å². The average molecular weight is 183 g/mol. The number of hydrogen-bond donors (Lipinski definition) is 1. The summed E-state index contributed by atoms with van der Waals surface area (Å²) in [6.07, 6.45) is 2.77. The topological polar surface area (TPSA) is 32.5 Å². The lowest BCUT2D eigenvalue weighted by molar-refractivity contribution is 0.268. The van der Waals surface area contributed by atoms with Crippen molar-refractivity contribution in [2.75, 3.05) is 39.8 Å². The molecule has 2 saturated heterocycles. The summed E-state index contributed by atoms with van der Waals surface area (Å²) < 4.78 is 0. The molecule has 0 aromatic heterocycles. The molecule has 0 aromatic rings. The molecule has 0 spiro atoms. The van der Waals surface area contributed by atoms with Gasteiger partial charge in [-0.2, -0.15) is 0 Å². The second kappa shape index (κ2) is 3.95. The first-order valence-electron chi connectivity index (χ1n) is 5.42. The van der Waals surface area contributed by atoms with Gasteiger partial charge in [0.25, 0.3) is 0 Å². The molecule has 2 fully saturated rings. The van der Waals surface area contributed by atoms with E-state index in [0.29, 0.717) is 12.0 Å². The van der Waals surface area contributed by atoms with Gasteiger partial charge in [0.05, 0.1) is 0 Å². The molecule has 13 heavy (non-hydrogen) atoms. The van der Waals surface area contributed by atoms with Crippen LogP contribution in [0.5, 0.6) is 0 Å². The predicted molar refractivity (Wildman–Crippen MR) is 54.6 cm³/mol. The highest BCUT2D eigenvalue weighted by molar-refractivity contribution is 4.87. The van der Waals surface area contributed by atoms with Gasteiger partial charge in [0.1, 0.15) is 0 Å². The number of nitrogens with zero attached hydrogens (tertiary/aromatic N) is 2. The SMILES string of the molecule is CN1CC(N)C(CN2CCCC2)C1. The van der Waals surface area contributed by atoms with Crippen LogP contribution in [0.4, 0.5) is 0 Å². The first-order chi connectivity index (χ1) is 6.25. The lowest BCUT2D eigenvalue weighted by Crippen LogP contribution is -2.37. The zero-order valence-electron chi connectivity index (χ0n) is 8.58. The van der Waals surface area contributed by atoms with Crippen LogP contribution in [0.2, 0.25) is 0 Å². The van der Waals surface area contributed by atoms with E-state index >= 15 is 0 Å². The Balaban J connectivity index is 1.80. The summed E-state index contributed by atoms with van der Waals surface area (Å²) in [7, 11) is 2.17. The minimum absolute atomic E-state index is 0.408. The van der Waals surface area contributed by atoms with Crippen molar-refractivity contribution in [3.05, 3.63) is 0 Å². The van der Waals surface area contributed by atoms with Gasteiger partial charge in [0.2, 0.25) is 0 Å². The third kappa shape index (κ3) is 2.22. The number of rotatable bonds is 2. The van der Waals surface area contributed by atoms with Gasteiger partial charge >= 0.3 is 0 Å². The van der Waals surface area contributed by atoms with Crippen LogP contribution in [0.25, 0.3) is 0 Å². The molecule has 0 bridgehead atoms. The van der Waals surface area contributed by atoms with Crippen molar-refractivity contribution in [1.29, 1.82) is 0 Å². The van der Waals surface area contributed by atoms with Gasteiger partial charge < -0.3 is 15.5 Å². The van der Waals surface area contributed by atoms with Crippen LogP contribution in [0.3, 0.4) is 0 Å². The minimum Gasteiger partial charge on any atom is -0.326 e. The third-order valence-corrected chi connectivity index (χ3v) is 3.37. The second-order valence-electron chi connectivity index (χ2n) is 4.65. The largest absolute Gasteiger partial charge is 0.326 e. The molecule has 2 aliphatic heterocycles. The van der Waals surface area contributed by atoms with Crippen LogP contribution in [0.1, 0.15) is 12.8 Å². The Morgan fingerprint density at radius 1 is 1.23 bits per heavy atom. The summed E-state index contributed by atoms with van der Waals surface area (Å²) in [6.45, 7) is 6.10. The molecule has 2 atom stereocenters. The van der Waals surface area contributed by atoms with Gasteiger partial charge in [0.15, 0.2) is 0 Å². The lowest BCUT2D eigenvalue weighted by Gasteiger charge is -2.21. The second-order valence-corrected chi connectivity index (χ2v) is 4.65. The van der Waals surface area contributed by atoms with Gasteiger partial charge in [-0.25, -0.2) is 0 Å². The number of likely N-dealkylation sites (N-methyl/N-ethyl adjacent to an activating group) is 1. The van der Waals surface area contributed by atoms with Crippen molar-refractivity contribution in [3.8, 4) is 0 Å². The zero-order valence-corrected chi connectivity index (χ0v) is 8.58. The minimum atomic E-state index is 0.408. The molecule has 2 N–H and O–H groups in total. The Bertz CT molecular complexity index is 166. The highest BCUT2D eigenvalue weighted by Gasteiger charge is 2.29. The van der Waals surface area contributed by atoms with E-state index in [4.69, 9.17) is 5.73 Å². The molecule has 0 aliphatic carbocycles. The molecule has 0 amide bonds. The number of hydrogen-bond acceptors (Lipinski definition) is 3. The number of likely N-dealkylation sites (tertiary alicyclic amines) is 2. The van der Waals surface area contributed by atoms with E-state index in [2.05, 4.69) is 16.8 Å². The molecule has 76 valence electrons. The summed E-state index contributed by atoms with van der Waals surface area (Å²) in [5, 5.41) is 0. The normalized spacial score (nSPS) is 37.4. The number of nitrogens with two attached hydrogens (primary N) is 1. The Hall–Kier alpha value is -0.120. The van der Waals surface area contributed by atoms with Gasteiger partial charge in [-0.05, 0) is 33.0 Å². The molecule has 2 aliphatic rings. The average Bonchev–Trinajstić information content (AvgIpc) is 2.63. The van der Waals surface area contributed by atoms with E-state index < -0.39 is 0 Å². The summed E-state index contributed by atoms with van der Waals surface area (Å²) in [5.41, 5.74) is 6.08. The monoisotopic (exact) mass is 183 g/mol. The van der Waals surface area contributed by atoms with E-state index in [9.17, 15) is 0 Å². The molecule has 3 heteroatoms. The molecule has 0 saturated carbocycles. The molecule has 0 aromatic carbocycles. The first-order valence-corrected chi connectivity index (χ1v) is 5.42. The molecular weight excluding hydrogens is 162 g/mol. The van der Waals surface area contributed by atoms with E-state index in [1.54, 1.807) is 0 Å². The molecular formula is C10H21N3. The highest BCUT2D eigenvalue weighted by Crippen LogP contribution is 2.17. The quantitative estimate of drug-likeness (QED) is 0.652. The van der Waals surface area contributed by atoms with Crippen molar-refractivity contribution in [2.24, 2.45) is 11.7 Å². The fraction of sp³-hybridized carbons (Fsp3) is 1.00. The standard InChI is InChI=1S/C10H21N3/c1-12-6-9(10(11)8-12)7-13-4-2-3-5-13/h9-10H,2-8,11H2,1H3. The van der Waals surface area contributed by atoms with E-state index in [0.717, 1.165) is 6.54 Å². The van der Waals surface area contributed by atoms with Crippen LogP contribution in [0.15, 0.2) is 0 Å². The van der Waals surface area contributed by atoms with Crippen LogP contribution >= 0.6 is 0 Å². The van der Waals surface area contributed by atoms with Gasteiger partial charge in [-0.1, -0.05) is 0 Å². The molecule has 2 unspecified atom stereocenters. The van der Waals surface area contributed by atoms with Crippen molar-refractivity contribution >= 4 is 0 Å². The Labute approximate surface area is 80.9 Å². The Kier molecular flexibility index (Phi) is 2.86. The maximum Gasteiger partial charge on any atom is 0.0221 e. The first kappa shape index (κ1) is 9.44. The third-order valence-electron chi connectivity index (χ3n) is 3.37. The molecule has 0 radical (unpaired) electrons. The van der Waals surface area contributed by atoms with E-state index in [-0.39, 0.29) is 0 Å². The molecule has 2 heterocycles. The van der Waals surface area contributed by atoms with E-state index in [1.165, 1.54) is 39.0 Å². The lowest BCUT2D eigenvalue weighted by atomic mass is 10.0. The zero-order chi connectivity index (χ0) is 9.26. The maximum absolute atomic E-state index is 6.08. The molecule has 3 nitrogen and oxygen atoms in total. The predicted octanol–water partition coefficient (Wildman–Crippen LogP) is -0.0289. The summed E-state index contributed by atoms with van der Waals surface area (Å²) in [6, 6.07) is 0.408. The maximum atomic E-state index is 6.08. The van der Waals surface area contributed by atoms with Gasteiger partial charge in [-0.3, -0.25) is 0 Å². The smallest absolute Gasteiger partial charge is 0.0221 e. The van der Waals surface area contributed by atoms with E-state index in [1.807, 2.05) is 0 Å². The van der Waals surface area contributed by atoms with Crippen molar-refractivity contribution < 1.29 is 0 Å². The Morgan fingerprint density at radius 2 is 1.92 bits per heavy atom. The van der Waals surface area contributed by atoms with Crippen LogP contribution in [-0.4, -0.2) is 55.6 Å². The van der Waals surface area contributed by atoms with Crippen LogP contribution < -0.4 is 5.73 Å². The highest BCUT2D eigenvalue weighted by atomic mass is 15.2. The fourth-order valence-electron chi connectivity index (χ4n) is 2.61. The van der Waals surface area contributed by atoms with Crippen molar-refractivity contribution in [1.82, 2.24) is 9.80 Å². The fourth-order valence-corrected chi connectivity index (χ4v) is 2.61.